The molecule has 0 aliphatic heterocycles. The Hall–Kier alpha value is -0.340. The molecule has 0 amide bonds. The van der Waals surface area contributed by atoms with E-state index >= 15 is 0 Å². The molecule has 0 aromatic heterocycles. The third-order valence-corrected chi connectivity index (χ3v) is 0.599. The predicted molar refractivity (Wildman–Crippen MR) is 29.9 cm³/mol. The molecule has 0 atom stereocenters. The van der Waals surface area contributed by atoms with E-state index in [0.29, 0.717) is 6.54 Å². The number of hydrogen-bond acceptors (Lipinski definition) is 2. The molecule has 2 nitrogen and oxygen atoms in total. The van der Waals surface area contributed by atoms with Crippen molar-refractivity contribution in [3.05, 3.63) is 12.2 Å². The summed E-state index contributed by atoms with van der Waals surface area (Å²) in [5.74, 6) is 0. The zero-order valence-corrected chi connectivity index (χ0v) is 4.30. The molecule has 42 valence electrons. The van der Waals surface area contributed by atoms with Gasteiger partial charge in [-0.25, -0.2) is 0 Å². The van der Waals surface area contributed by atoms with Crippen LogP contribution in [0.4, 0.5) is 0 Å². The monoisotopic (exact) mass is 101 g/mol. The molecule has 0 unspecified atom stereocenters. The van der Waals surface area contributed by atoms with Crippen LogP contribution in [0.15, 0.2) is 12.2 Å². The van der Waals surface area contributed by atoms with Crippen LogP contribution in [0.25, 0.3) is 0 Å². The van der Waals surface area contributed by atoms with Gasteiger partial charge < -0.3 is 10.8 Å². The number of aliphatic hydroxyl groups excluding tert-OH is 1. The second-order valence-corrected chi connectivity index (χ2v) is 1.22. The Morgan fingerprint density at radius 1 is 1.43 bits per heavy atom. The second kappa shape index (κ2) is 5.66. The van der Waals surface area contributed by atoms with Crippen molar-refractivity contribution in [1.82, 2.24) is 0 Å². The summed E-state index contributed by atoms with van der Waals surface area (Å²) in [6.07, 6.45) is 4.41. The van der Waals surface area contributed by atoms with Gasteiger partial charge in [-0.1, -0.05) is 12.2 Å². The molecule has 0 saturated heterocycles. The summed E-state index contributed by atoms with van der Waals surface area (Å²) in [4.78, 5) is 0. The Kier molecular flexibility index (Phi) is 5.39. The number of rotatable bonds is 3. The van der Waals surface area contributed by atoms with E-state index in [1.54, 1.807) is 0 Å². The average molecular weight is 101 g/mol. The van der Waals surface area contributed by atoms with E-state index < -0.39 is 0 Å². The smallest absolute Gasteiger partial charge is 0.0465 e. The molecule has 0 aliphatic carbocycles. The van der Waals surface area contributed by atoms with E-state index in [1.165, 1.54) is 0 Å². The van der Waals surface area contributed by atoms with Gasteiger partial charge >= 0.3 is 0 Å². The summed E-state index contributed by atoms with van der Waals surface area (Å²) >= 11 is 0. The van der Waals surface area contributed by atoms with Gasteiger partial charge in [0.25, 0.3) is 0 Å². The minimum absolute atomic E-state index is 0.219. The first-order chi connectivity index (χ1) is 3.41. The fourth-order valence-electron chi connectivity index (χ4n) is 0.289. The Bertz CT molecular complexity index is 52.0. The van der Waals surface area contributed by atoms with Gasteiger partial charge in [0.15, 0.2) is 0 Å². The maximum atomic E-state index is 8.20. The maximum Gasteiger partial charge on any atom is 0.0465 e. The highest BCUT2D eigenvalue weighted by atomic mass is 16.2. The topological polar surface area (TPSA) is 46.2 Å². The molecule has 3 N–H and O–H groups in total. The van der Waals surface area contributed by atoms with Crippen LogP contribution in [0.1, 0.15) is 6.42 Å². The summed E-state index contributed by atoms with van der Waals surface area (Å²) in [5, 5.41) is 8.20. The standard InChI is InChI=1S/C5H11NO/c6-4-2-1-3-5-7/h1-2,7H,3-6H2/b2-1-. The molecule has 0 aromatic rings. The third-order valence-electron chi connectivity index (χ3n) is 0.599. The van der Waals surface area contributed by atoms with Crippen LogP contribution in [-0.2, 0) is 0 Å². The van der Waals surface area contributed by atoms with Crippen molar-refractivity contribution < 1.29 is 5.11 Å². The molecule has 0 aromatic carbocycles. The Balaban J connectivity index is 2.78. The summed E-state index contributed by atoms with van der Waals surface area (Å²) in [7, 11) is 0. The van der Waals surface area contributed by atoms with Crippen LogP contribution < -0.4 is 5.73 Å². The Labute approximate surface area is 43.6 Å². The van der Waals surface area contributed by atoms with Crippen LogP contribution >= 0.6 is 0 Å². The molecule has 0 fully saturated rings. The lowest BCUT2D eigenvalue weighted by Crippen LogP contribution is -1.92. The van der Waals surface area contributed by atoms with E-state index in [2.05, 4.69) is 0 Å². The lowest BCUT2D eigenvalue weighted by atomic mass is 10.4. The first-order valence-electron chi connectivity index (χ1n) is 2.37. The molecule has 0 aliphatic rings. The molecule has 0 heterocycles. The van der Waals surface area contributed by atoms with E-state index in [4.69, 9.17) is 10.8 Å². The summed E-state index contributed by atoms with van der Waals surface area (Å²) in [6, 6.07) is 0. The number of aliphatic hydroxyl groups is 1. The highest BCUT2D eigenvalue weighted by Gasteiger charge is 1.68. The van der Waals surface area contributed by atoms with Crippen LogP contribution in [0.3, 0.4) is 0 Å². The van der Waals surface area contributed by atoms with Gasteiger partial charge in [0.2, 0.25) is 0 Å². The predicted octanol–water partition coefficient (Wildman–Crippen LogP) is -0.116. The van der Waals surface area contributed by atoms with Crippen LogP contribution in [0, 0.1) is 0 Å². The van der Waals surface area contributed by atoms with Crippen LogP contribution in [-0.4, -0.2) is 18.3 Å². The molecule has 0 rings (SSSR count). The lowest BCUT2D eigenvalue weighted by molar-refractivity contribution is 0.302. The minimum atomic E-state index is 0.219. The van der Waals surface area contributed by atoms with Gasteiger partial charge in [-0.3, -0.25) is 0 Å². The van der Waals surface area contributed by atoms with Crippen molar-refractivity contribution in [2.45, 2.75) is 6.42 Å². The minimum Gasteiger partial charge on any atom is -0.396 e. The Morgan fingerprint density at radius 2 is 2.14 bits per heavy atom. The van der Waals surface area contributed by atoms with Gasteiger partial charge in [0, 0.05) is 13.2 Å². The second-order valence-electron chi connectivity index (χ2n) is 1.22. The fourth-order valence-corrected chi connectivity index (χ4v) is 0.289. The van der Waals surface area contributed by atoms with Gasteiger partial charge in [-0.15, -0.1) is 0 Å². The summed E-state index contributed by atoms with van der Waals surface area (Å²) in [5.41, 5.74) is 5.10. The van der Waals surface area contributed by atoms with E-state index in [1.807, 2.05) is 12.2 Å². The molecule has 0 saturated carbocycles. The van der Waals surface area contributed by atoms with E-state index in [0.717, 1.165) is 6.42 Å². The highest BCUT2D eigenvalue weighted by Crippen LogP contribution is 1.75. The molecule has 0 spiro atoms. The highest BCUT2D eigenvalue weighted by molar-refractivity contribution is 4.81. The van der Waals surface area contributed by atoms with Crippen molar-refractivity contribution in [2.75, 3.05) is 13.2 Å². The molecular weight excluding hydrogens is 90.1 g/mol. The molecule has 0 radical (unpaired) electrons. The first kappa shape index (κ1) is 6.66. The van der Waals surface area contributed by atoms with Crippen LogP contribution in [0.2, 0.25) is 0 Å². The van der Waals surface area contributed by atoms with Crippen molar-refractivity contribution in [1.29, 1.82) is 0 Å². The number of nitrogens with two attached hydrogens (primary N) is 1. The Morgan fingerprint density at radius 3 is 2.57 bits per heavy atom. The molecule has 2 heteroatoms. The van der Waals surface area contributed by atoms with Crippen molar-refractivity contribution in [2.24, 2.45) is 5.73 Å². The van der Waals surface area contributed by atoms with Gasteiger partial charge in [-0.05, 0) is 6.42 Å². The SMILES string of the molecule is NC/C=C\CCO. The normalized spacial score (nSPS) is 10.6. The van der Waals surface area contributed by atoms with Crippen molar-refractivity contribution >= 4 is 0 Å². The molecule has 7 heavy (non-hydrogen) atoms. The number of hydrogen-bond donors (Lipinski definition) is 2. The summed E-state index contributed by atoms with van der Waals surface area (Å²) < 4.78 is 0. The van der Waals surface area contributed by atoms with Gasteiger partial charge in [-0.2, -0.15) is 0 Å². The molecule has 0 bridgehead atoms. The average Bonchev–Trinajstić information content (AvgIpc) is 1.69. The third kappa shape index (κ3) is 5.66. The zero-order valence-electron chi connectivity index (χ0n) is 4.30. The van der Waals surface area contributed by atoms with Crippen molar-refractivity contribution in [3.63, 3.8) is 0 Å². The van der Waals surface area contributed by atoms with Gasteiger partial charge in [0.1, 0.15) is 0 Å². The quantitative estimate of drug-likeness (QED) is 0.487. The van der Waals surface area contributed by atoms with E-state index in [9.17, 15) is 0 Å². The maximum absolute atomic E-state index is 8.20. The van der Waals surface area contributed by atoms with Gasteiger partial charge in [0.05, 0.1) is 0 Å². The largest absolute Gasteiger partial charge is 0.396 e. The first-order valence-corrected chi connectivity index (χ1v) is 2.37. The fraction of sp³-hybridized carbons (Fsp3) is 0.600. The summed E-state index contributed by atoms with van der Waals surface area (Å²) in [6.45, 7) is 0.788. The van der Waals surface area contributed by atoms with Crippen molar-refractivity contribution in [3.8, 4) is 0 Å². The zero-order chi connectivity index (χ0) is 5.54. The lowest BCUT2D eigenvalue weighted by Gasteiger charge is -1.80. The molecular formula is C5H11NO. The van der Waals surface area contributed by atoms with Crippen LogP contribution in [0.5, 0.6) is 0 Å². The van der Waals surface area contributed by atoms with E-state index in [-0.39, 0.29) is 6.61 Å².